The predicted molar refractivity (Wildman–Crippen MR) is 121 cm³/mol. The number of carbonyl (C=O) groups is 1. The molecule has 0 bridgehead atoms. The van der Waals surface area contributed by atoms with Crippen LogP contribution in [-0.2, 0) is 4.79 Å². The molecule has 1 aliphatic carbocycles. The first-order chi connectivity index (χ1) is 13.4. The fourth-order valence-electron chi connectivity index (χ4n) is 4.00. The van der Waals surface area contributed by atoms with E-state index in [0.717, 1.165) is 41.9 Å². The molecule has 0 aliphatic heterocycles. The SMILES string of the molecule is Cc1cc(/C=C(\C#N)C(=O)N[C@H]2CCCC[C@@H]2C)c(C)n1-c1ccc(I)cc1. The van der Waals surface area contributed by atoms with Gasteiger partial charge < -0.3 is 9.88 Å². The van der Waals surface area contributed by atoms with Crippen molar-refractivity contribution in [3.05, 3.63) is 56.4 Å². The Morgan fingerprint density at radius 3 is 2.57 bits per heavy atom. The van der Waals surface area contributed by atoms with Crippen molar-refractivity contribution in [2.75, 3.05) is 0 Å². The van der Waals surface area contributed by atoms with Gasteiger partial charge in [-0.25, -0.2) is 0 Å². The molecule has 0 unspecified atom stereocenters. The Morgan fingerprint density at radius 2 is 1.93 bits per heavy atom. The van der Waals surface area contributed by atoms with Gasteiger partial charge in [0, 0.05) is 26.7 Å². The van der Waals surface area contributed by atoms with Crippen molar-refractivity contribution in [2.24, 2.45) is 5.92 Å². The highest BCUT2D eigenvalue weighted by molar-refractivity contribution is 14.1. The van der Waals surface area contributed by atoms with E-state index in [2.05, 4.69) is 69.7 Å². The third kappa shape index (κ3) is 4.49. The Bertz CT molecular complexity index is 934. The Kier molecular flexibility index (Phi) is 6.61. The Labute approximate surface area is 180 Å². The fourth-order valence-corrected chi connectivity index (χ4v) is 4.36. The van der Waals surface area contributed by atoms with Crippen LogP contribution in [-0.4, -0.2) is 16.5 Å². The lowest BCUT2D eigenvalue weighted by Gasteiger charge is -2.29. The average molecular weight is 487 g/mol. The minimum atomic E-state index is -0.264. The van der Waals surface area contributed by atoms with Crippen LogP contribution in [0.2, 0.25) is 0 Å². The van der Waals surface area contributed by atoms with E-state index in [9.17, 15) is 10.1 Å². The van der Waals surface area contributed by atoms with Gasteiger partial charge in [0.05, 0.1) is 0 Å². The minimum absolute atomic E-state index is 0.164. The maximum Gasteiger partial charge on any atom is 0.262 e. The quantitative estimate of drug-likeness (QED) is 0.362. The number of carbonyl (C=O) groups excluding carboxylic acids is 1. The molecule has 1 heterocycles. The summed E-state index contributed by atoms with van der Waals surface area (Å²) in [7, 11) is 0. The molecule has 1 aliphatic rings. The molecule has 28 heavy (non-hydrogen) atoms. The summed E-state index contributed by atoms with van der Waals surface area (Å²) in [5.41, 5.74) is 4.24. The van der Waals surface area contributed by atoms with Crippen LogP contribution in [0.1, 0.15) is 49.6 Å². The summed E-state index contributed by atoms with van der Waals surface area (Å²) in [4.78, 5) is 12.7. The lowest BCUT2D eigenvalue weighted by molar-refractivity contribution is -0.118. The van der Waals surface area contributed by atoms with Gasteiger partial charge in [-0.05, 0) is 97.2 Å². The number of nitrogens with zero attached hydrogens (tertiary/aromatic N) is 2. The van der Waals surface area contributed by atoms with Crippen LogP contribution in [0.25, 0.3) is 11.8 Å². The predicted octanol–water partition coefficient (Wildman–Crippen LogP) is 5.30. The van der Waals surface area contributed by atoms with Crippen LogP contribution in [0.3, 0.4) is 0 Å². The molecule has 0 spiro atoms. The molecule has 1 aromatic heterocycles. The highest BCUT2D eigenvalue weighted by Gasteiger charge is 2.24. The van der Waals surface area contributed by atoms with E-state index in [-0.39, 0.29) is 17.5 Å². The summed E-state index contributed by atoms with van der Waals surface area (Å²) in [6, 6.07) is 12.6. The summed E-state index contributed by atoms with van der Waals surface area (Å²) in [6.07, 6.45) is 6.20. The summed E-state index contributed by atoms with van der Waals surface area (Å²) in [5.74, 6) is 0.198. The number of aryl methyl sites for hydroxylation is 1. The average Bonchev–Trinajstić information content (AvgIpc) is 2.95. The van der Waals surface area contributed by atoms with Gasteiger partial charge in [-0.3, -0.25) is 4.79 Å². The van der Waals surface area contributed by atoms with E-state index >= 15 is 0 Å². The maximum absolute atomic E-state index is 12.7. The molecule has 2 aromatic rings. The number of benzene rings is 1. The lowest BCUT2D eigenvalue weighted by Crippen LogP contribution is -2.41. The molecule has 5 heteroatoms. The molecule has 146 valence electrons. The summed E-state index contributed by atoms with van der Waals surface area (Å²) in [5, 5.41) is 12.7. The highest BCUT2D eigenvalue weighted by Crippen LogP contribution is 2.25. The van der Waals surface area contributed by atoms with Crippen LogP contribution in [0.4, 0.5) is 0 Å². The normalized spacial score (nSPS) is 19.9. The molecule has 2 atom stereocenters. The van der Waals surface area contributed by atoms with Crippen molar-refractivity contribution in [1.82, 2.24) is 9.88 Å². The van der Waals surface area contributed by atoms with Gasteiger partial charge in [-0.15, -0.1) is 0 Å². The topological polar surface area (TPSA) is 57.8 Å². The van der Waals surface area contributed by atoms with Crippen LogP contribution in [0.5, 0.6) is 0 Å². The molecular weight excluding hydrogens is 461 g/mol. The fraction of sp³-hybridized carbons (Fsp3) is 0.391. The Balaban J connectivity index is 1.86. The number of nitriles is 1. The third-order valence-corrected chi connectivity index (χ3v) is 6.37. The van der Waals surface area contributed by atoms with Crippen LogP contribution >= 0.6 is 22.6 Å². The largest absolute Gasteiger partial charge is 0.348 e. The first kappa shape index (κ1) is 20.7. The molecule has 1 aromatic carbocycles. The monoisotopic (exact) mass is 487 g/mol. The first-order valence-corrected chi connectivity index (χ1v) is 10.9. The summed E-state index contributed by atoms with van der Waals surface area (Å²) >= 11 is 2.29. The first-order valence-electron chi connectivity index (χ1n) is 9.78. The summed E-state index contributed by atoms with van der Waals surface area (Å²) < 4.78 is 3.34. The number of hydrogen-bond donors (Lipinski definition) is 1. The molecule has 1 fully saturated rings. The number of amides is 1. The van der Waals surface area contributed by atoms with Crippen molar-refractivity contribution < 1.29 is 4.79 Å². The standard InChI is InChI=1S/C23H26IN3O/c1-15-6-4-5-7-22(15)26-23(28)19(14-25)13-18-12-16(2)27(17(18)3)21-10-8-20(24)9-11-21/h8-13,15,22H,4-7H2,1-3H3,(H,26,28)/b19-13+/t15-,22-/m0/s1. The second-order valence-electron chi connectivity index (χ2n) is 7.65. The van der Waals surface area contributed by atoms with Crippen molar-refractivity contribution >= 4 is 34.6 Å². The van der Waals surface area contributed by atoms with Crippen molar-refractivity contribution in [2.45, 2.75) is 52.5 Å². The zero-order chi connectivity index (χ0) is 20.3. The zero-order valence-electron chi connectivity index (χ0n) is 16.6. The van der Waals surface area contributed by atoms with Gasteiger partial charge in [0.1, 0.15) is 11.6 Å². The zero-order valence-corrected chi connectivity index (χ0v) is 18.8. The summed E-state index contributed by atoms with van der Waals surface area (Å²) in [6.45, 7) is 6.24. The molecular formula is C23H26IN3O. The maximum atomic E-state index is 12.7. The van der Waals surface area contributed by atoms with Crippen molar-refractivity contribution in [3.8, 4) is 11.8 Å². The molecule has 0 saturated heterocycles. The van der Waals surface area contributed by atoms with Gasteiger partial charge in [0.25, 0.3) is 5.91 Å². The molecule has 0 radical (unpaired) electrons. The smallest absolute Gasteiger partial charge is 0.262 e. The Hall–Kier alpha value is -2.07. The van der Waals surface area contributed by atoms with Gasteiger partial charge in [-0.1, -0.05) is 19.8 Å². The number of aromatic nitrogens is 1. The third-order valence-electron chi connectivity index (χ3n) is 5.65. The van der Waals surface area contributed by atoms with E-state index < -0.39 is 0 Å². The second kappa shape index (κ2) is 8.95. The van der Waals surface area contributed by atoms with Crippen molar-refractivity contribution in [3.63, 3.8) is 0 Å². The van der Waals surface area contributed by atoms with E-state index in [1.807, 2.05) is 19.9 Å². The number of halogens is 1. The molecule has 1 amide bonds. The van der Waals surface area contributed by atoms with E-state index in [1.54, 1.807) is 6.08 Å². The Morgan fingerprint density at radius 1 is 1.25 bits per heavy atom. The number of rotatable bonds is 4. The van der Waals surface area contributed by atoms with Crippen LogP contribution in [0, 0.1) is 34.7 Å². The van der Waals surface area contributed by atoms with Gasteiger partial charge in [-0.2, -0.15) is 5.26 Å². The van der Waals surface area contributed by atoms with Crippen LogP contribution in [0.15, 0.2) is 35.9 Å². The van der Waals surface area contributed by atoms with E-state index in [0.29, 0.717) is 5.92 Å². The lowest BCUT2D eigenvalue weighted by atomic mass is 9.86. The second-order valence-corrected chi connectivity index (χ2v) is 8.90. The van der Waals surface area contributed by atoms with Gasteiger partial charge in [0.15, 0.2) is 0 Å². The minimum Gasteiger partial charge on any atom is -0.348 e. The van der Waals surface area contributed by atoms with E-state index in [4.69, 9.17) is 0 Å². The van der Waals surface area contributed by atoms with Crippen LogP contribution < -0.4 is 5.32 Å². The molecule has 1 saturated carbocycles. The van der Waals surface area contributed by atoms with Crippen molar-refractivity contribution in [1.29, 1.82) is 5.26 Å². The van der Waals surface area contributed by atoms with E-state index in [1.165, 1.54) is 9.99 Å². The highest BCUT2D eigenvalue weighted by atomic mass is 127. The number of hydrogen-bond acceptors (Lipinski definition) is 2. The molecule has 1 N–H and O–H groups in total. The number of nitrogens with one attached hydrogen (secondary N) is 1. The molecule has 3 rings (SSSR count). The molecule has 4 nitrogen and oxygen atoms in total. The van der Waals surface area contributed by atoms with Gasteiger partial charge in [0.2, 0.25) is 0 Å². The van der Waals surface area contributed by atoms with Gasteiger partial charge >= 0.3 is 0 Å².